The highest BCUT2D eigenvalue weighted by Crippen LogP contribution is 2.27. The Morgan fingerprint density at radius 2 is 1.81 bits per heavy atom. The highest BCUT2D eigenvalue weighted by molar-refractivity contribution is 6.32. The molecule has 0 heterocycles. The molecule has 0 aromatic heterocycles. The average molecular weight is 437 g/mol. The largest absolute Gasteiger partial charge is 0.507 e. The SMILES string of the molecule is Cc1cc(C)cc(OCC(=O)NN=Cc2cc(N=Nc3ccccc3Cl)ccc2O)c1. The maximum Gasteiger partial charge on any atom is 0.277 e. The first-order chi connectivity index (χ1) is 14.9. The summed E-state index contributed by atoms with van der Waals surface area (Å²) in [6.07, 6.45) is 1.32. The molecular weight excluding hydrogens is 416 g/mol. The maximum atomic E-state index is 12.0. The van der Waals surface area contributed by atoms with Crippen LogP contribution in [0.2, 0.25) is 5.02 Å². The number of amides is 1. The van der Waals surface area contributed by atoms with Gasteiger partial charge in [0.15, 0.2) is 6.61 Å². The summed E-state index contributed by atoms with van der Waals surface area (Å²) in [5.74, 6) is 0.177. The third-order valence-electron chi connectivity index (χ3n) is 4.09. The van der Waals surface area contributed by atoms with E-state index in [1.165, 1.54) is 12.3 Å². The molecule has 2 N–H and O–H groups in total. The van der Waals surface area contributed by atoms with E-state index in [-0.39, 0.29) is 12.4 Å². The van der Waals surface area contributed by atoms with E-state index in [0.29, 0.717) is 27.7 Å². The van der Waals surface area contributed by atoms with Crippen molar-refractivity contribution in [1.29, 1.82) is 0 Å². The van der Waals surface area contributed by atoms with Gasteiger partial charge in [-0.1, -0.05) is 29.8 Å². The van der Waals surface area contributed by atoms with Gasteiger partial charge in [0.1, 0.15) is 17.2 Å². The molecule has 0 bridgehead atoms. The Morgan fingerprint density at radius 1 is 1.06 bits per heavy atom. The summed E-state index contributed by atoms with van der Waals surface area (Å²) < 4.78 is 5.49. The first kappa shape index (κ1) is 22.0. The quantitative estimate of drug-likeness (QED) is 0.286. The zero-order valence-corrected chi connectivity index (χ0v) is 17.8. The van der Waals surface area contributed by atoms with Gasteiger partial charge in [0, 0.05) is 5.56 Å². The molecule has 0 spiro atoms. The number of hydrazone groups is 1. The van der Waals surface area contributed by atoms with Crippen LogP contribution in [0.1, 0.15) is 16.7 Å². The van der Waals surface area contributed by atoms with Gasteiger partial charge in [-0.25, -0.2) is 5.43 Å². The van der Waals surface area contributed by atoms with Crippen LogP contribution in [0.25, 0.3) is 0 Å². The van der Waals surface area contributed by atoms with Crippen LogP contribution >= 0.6 is 11.6 Å². The summed E-state index contributed by atoms with van der Waals surface area (Å²) in [7, 11) is 0. The number of nitrogens with one attached hydrogen (secondary N) is 1. The minimum Gasteiger partial charge on any atom is -0.507 e. The van der Waals surface area contributed by atoms with Crippen LogP contribution in [0.4, 0.5) is 11.4 Å². The molecule has 0 saturated carbocycles. The second kappa shape index (κ2) is 10.4. The molecule has 0 unspecified atom stereocenters. The normalized spacial score (nSPS) is 11.2. The van der Waals surface area contributed by atoms with Gasteiger partial charge in [0.2, 0.25) is 0 Å². The summed E-state index contributed by atoms with van der Waals surface area (Å²) in [4.78, 5) is 12.0. The number of phenolic OH excluding ortho intramolecular Hbond substituents is 1. The van der Waals surface area contributed by atoms with Crippen LogP contribution in [0.5, 0.6) is 11.5 Å². The number of aromatic hydroxyl groups is 1. The van der Waals surface area contributed by atoms with Gasteiger partial charge in [-0.05, 0) is 67.4 Å². The number of hydrogen-bond acceptors (Lipinski definition) is 6. The van der Waals surface area contributed by atoms with Gasteiger partial charge in [0.05, 0.1) is 16.9 Å². The zero-order chi connectivity index (χ0) is 22.2. The Morgan fingerprint density at radius 3 is 2.55 bits per heavy atom. The van der Waals surface area contributed by atoms with Crippen molar-refractivity contribution in [2.75, 3.05) is 6.61 Å². The number of benzene rings is 3. The minimum atomic E-state index is -0.426. The van der Waals surface area contributed by atoms with Crippen LogP contribution in [-0.4, -0.2) is 23.8 Å². The van der Waals surface area contributed by atoms with E-state index >= 15 is 0 Å². The summed E-state index contributed by atoms with van der Waals surface area (Å²) in [5.41, 5.74) is 5.86. The summed E-state index contributed by atoms with van der Waals surface area (Å²) in [6, 6.07) is 17.4. The van der Waals surface area contributed by atoms with Gasteiger partial charge in [-0.2, -0.15) is 10.2 Å². The van der Waals surface area contributed by atoms with Crippen molar-refractivity contribution < 1.29 is 14.6 Å². The number of carbonyl (C=O) groups excluding carboxylic acids is 1. The molecule has 0 fully saturated rings. The molecule has 0 atom stereocenters. The summed E-state index contributed by atoms with van der Waals surface area (Å²) >= 11 is 6.06. The smallest absolute Gasteiger partial charge is 0.277 e. The number of rotatable bonds is 7. The molecule has 0 aliphatic heterocycles. The number of azo groups is 1. The Balaban J connectivity index is 1.59. The van der Waals surface area contributed by atoms with Crippen LogP contribution in [0.15, 0.2) is 76.0 Å². The molecule has 1 amide bonds. The Bertz CT molecular complexity index is 1130. The molecule has 3 rings (SSSR count). The van der Waals surface area contributed by atoms with Crippen molar-refractivity contribution in [2.24, 2.45) is 15.3 Å². The fourth-order valence-corrected chi connectivity index (χ4v) is 2.90. The second-order valence-electron chi connectivity index (χ2n) is 6.80. The van der Waals surface area contributed by atoms with Crippen LogP contribution in [0.3, 0.4) is 0 Å². The van der Waals surface area contributed by atoms with Crippen molar-refractivity contribution in [3.63, 3.8) is 0 Å². The van der Waals surface area contributed by atoms with Crippen LogP contribution < -0.4 is 10.2 Å². The Hall–Kier alpha value is -3.71. The monoisotopic (exact) mass is 436 g/mol. The van der Waals surface area contributed by atoms with Gasteiger partial charge >= 0.3 is 0 Å². The number of nitrogens with zero attached hydrogens (tertiary/aromatic N) is 3. The Kier molecular flexibility index (Phi) is 7.35. The molecule has 0 aliphatic carbocycles. The molecule has 0 aliphatic rings. The predicted molar refractivity (Wildman–Crippen MR) is 121 cm³/mol. The molecule has 31 heavy (non-hydrogen) atoms. The van der Waals surface area contributed by atoms with Crippen molar-refractivity contribution in [3.05, 3.63) is 82.4 Å². The number of halogens is 1. The van der Waals surface area contributed by atoms with Crippen molar-refractivity contribution in [2.45, 2.75) is 13.8 Å². The Labute approximate surface area is 185 Å². The number of ether oxygens (including phenoxy) is 1. The number of phenols is 1. The molecule has 0 radical (unpaired) electrons. The molecular formula is C23H21ClN4O3. The molecule has 158 valence electrons. The summed E-state index contributed by atoms with van der Waals surface area (Å²) in [5, 5.41) is 22.6. The van der Waals surface area contributed by atoms with Crippen LogP contribution in [0, 0.1) is 13.8 Å². The van der Waals surface area contributed by atoms with Gasteiger partial charge in [-0.3, -0.25) is 4.79 Å². The van der Waals surface area contributed by atoms with Gasteiger partial charge in [0.25, 0.3) is 5.91 Å². The third-order valence-corrected chi connectivity index (χ3v) is 4.41. The highest BCUT2D eigenvalue weighted by Gasteiger charge is 2.04. The van der Waals surface area contributed by atoms with Crippen LogP contribution in [-0.2, 0) is 4.79 Å². The number of carbonyl (C=O) groups is 1. The molecule has 0 saturated heterocycles. The average Bonchev–Trinajstić information content (AvgIpc) is 2.73. The molecule has 7 nitrogen and oxygen atoms in total. The lowest BCUT2D eigenvalue weighted by Crippen LogP contribution is -2.24. The molecule has 8 heteroatoms. The van der Waals surface area contributed by atoms with E-state index in [2.05, 4.69) is 20.8 Å². The molecule has 3 aromatic carbocycles. The van der Waals surface area contributed by atoms with Crippen molar-refractivity contribution in [1.82, 2.24) is 5.43 Å². The van der Waals surface area contributed by atoms with E-state index in [1.807, 2.05) is 38.1 Å². The van der Waals surface area contributed by atoms with E-state index in [4.69, 9.17) is 16.3 Å². The summed E-state index contributed by atoms with van der Waals surface area (Å²) in [6.45, 7) is 3.73. The van der Waals surface area contributed by atoms with E-state index in [1.54, 1.807) is 30.3 Å². The first-order valence-corrected chi connectivity index (χ1v) is 9.81. The topological polar surface area (TPSA) is 95.6 Å². The van der Waals surface area contributed by atoms with E-state index < -0.39 is 5.91 Å². The third kappa shape index (κ3) is 6.65. The minimum absolute atomic E-state index is 0.0128. The number of aryl methyl sites for hydroxylation is 2. The van der Waals surface area contributed by atoms with Crippen molar-refractivity contribution in [3.8, 4) is 11.5 Å². The highest BCUT2D eigenvalue weighted by atomic mass is 35.5. The van der Waals surface area contributed by atoms with Crippen molar-refractivity contribution >= 4 is 35.1 Å². The lowest BCUT2D eigenvalue weighted by molar-refractivity contribution is -0.123. The zero-order valence-electron chi connectivity index (χ0n) is 17.0. The standard InChI is InChI=1S/C23H21ClN4O3/c1-15-9-16(2)11-19(10-15)31-14-23(30)28-25-13-17-12-18(7-8-22(17)29)26-27-21-6-4-3-5-20(21)24/h3-13,29H,14H2,1-2H3,(H,28,30). The first-order valence-electron chi connectivity index (χ1n) is 9.43. The number of hydrogen-bond donors (Lipinski definition) is 2. The second-order valence-corrected chi connectivity index (χ2v) is 7.21. The van der Waals surface area contributed by atoms with Gasteiger partial charge in [-0.15, -0.1) is 5.11 Å². The van der Waals surface area contributed by atoms with Gasteiger partial charge < -0.3 is 9.84 Å². The lowest BCUT2D eigenvalue weighted by Gasteiger charge is -2.07. The van der Waals surface area contributed by atoms with E-state index in [0.717, 1.165) is 11.1 Å². The molecule has 3 aromatic rings. The van der Waals surface area contributed by atoms with E-state index in [9.17, 15) is 9.90 Å². The predicted octanol–water partition coefficient (Wildman–Crippen LogP) is 5.61. The fraction of sp³-hybridized carbons (Fsp3) is 0.130. The maximum absolute atomic E-state index is 12.0. The lowest BCUT2D eigenvalue weighted by atomic mass is 10.1. The fourth-order valence-electron chi connectivity index (χ4n) is 2.72.